The fraction of sp³-hybridized carbons (Fsp3) is 0.611. The molecule has 2 heterocycles. The van der Waals surface area contributed by atoms with Crippen LogP contribution in [0, 0.1) is 5.82 Å². The first-order valence-electron chi connectivity index (χ1n) is 8.58. The average molecular weight is 339 g/mol. The van der Waals surface area contributed by atoms with E-state index in [0.717, 1.165) is 51.0 Å². The molecule has 1 atom stereocenters. The van der Waals surface area contributed by atoms with E-state index in [-0.39, 0.29) is 5.82 Å². The summed E-state index contributed by atoms with van der Waals surface area (Å²) in [6.45, 7) is 3.53. The van der Waals surface area contributed by atoms with Gasteiger partial charge in [-0.3, -0.25) is 9.69 Å². The Balaban J connectivity index is 1.60. The quantitative estimate of drug-likeness (QED) is 0.814. The zero-order valence-corrected chi connectivity index (χ0v) is 14.2. The lowest BCUT2D eigenvalue weighted by Crippen LogP contribution is -2.41. The number of amides is 1. The van der Waals surface area contributed by atoms with E-state index in [2.05, 4.69) is 4.90 Å². The molecule has 1 aromatic rings. The summed E-state index contributed by atoms with van der Waals surface area (Å²) in [5.74, 6) is 0.0213. The molecule has 0 unspecified atom stereocenters. The number of benzene rings is 1. The molecule has 23 heavy (non-hydrogen) atoms. The van der Waals surface area contributed by atoms with Crippen molar-refractivity contribution in [1.82, 2.24) is 9.80 Å². The topological polar surface area (TPSA) is 23.6 Å². The molecule has 1 aromatic carbocycles. The summed E-state index contributed by atoms with van der Waals surface area (Å²) in [6, 6.07) is 5.23. The molecule has 5 heteroatoms. The van der Waals surface area contributed by atoms with Gasteiger partial charge in [0.15, 0.2) is 0 Å². The molecule has 2 aliphatic heterocycles. The summed E-state index contributed by atoms with van der Waals surface area (Å²) < 4.78 is 13.5. The van der Waals surface area contributed by atoms with Crippen molar-refractivity contribution in [3.05, 3.63) is 34.6 Å². The maximum atomic E-state index is 13.5. The maximum Gasteiger partial charge on any atom is 0.222 e. The molecule has 126 valence electrons. The van der Waals surface area contributed by atoms with E-state index in [9.17, 15) is 9.18 Å². The number of carbonyl (C=O) groups excluding carboxylic acids is 1. The maximum absolute atomic E-state index is 13.5. The number of likely N-dealkylation sites (tertiary alicyclic amines) is 2. The second-order valence-corrected chi connectivity index (χ2v) is 7.11. The number of hydrogen-bond acceptors (Lipinski definition) is 2. The fourth-order valence-corrected chi connectivity index (χ4v) is 4.02. The van der Waals surface area contributed by atoms with E-state index in [4.69, 9.17) is 11.6 Å². The third-order valence-corrected chi connectivity index (χ3v) is 5.18. The lowest BCUT2D eigenvalue weighted by molar-refractivity contribution is -0.127. The Morgan fingerprint density at radius 3 is 2.78 bits per heavy atom. The standard InChI is InChI=1S/C18H24ClFN2O/c19-15-10-14(11-16(20)12-15)13-22-7-2-1-4-17(22)6-9-21-8-3-5-18(21)23/h10-12,17H,1-9,13H2/t17-/m1/s1. The first-order valence-corrected chi connectivity index (χ1v) is 8.96. The van der Waals surface area contributed by atoms with Gasteiger partial charge in [-0.15, -0.1) is 0 Å². The molecule has 2 saturated heterocycles. The van der Waals surface area contributed by atoms with Gasteiger partial charge in [-0.05, 0) is 56.0 Å². The lowest BCUT2D eigenvalue weighted by atomic mass is 9.98. The summed E-state index contributed by atoms with van der Waals surface area (Å²) in [5.41, 5.74) is 0.930. The minimum Gasteiger partial charge on any atom is -0.343 e. The Bertz CT molecular complexity index is 546. The van der Waals surface area contributed by atoms with Gasteiger partial charge in [0.2, 0.25) is 5.91 Å². The summed E-state index contributed by atoms with van der Waals surface area (Å²) >= 11 is 5.96. The Labute approximate surface area is 142 Å². The van der Waals surface area contributed by atoms with Crippen LogP contribution in [0.2, 0.25) is 5.02 Å². The largest absolute Gasteiger partial charge is 0.343 e. The van der Waals surface area contributed by atoms with Gasteiger partial charge in [-0.2, -0.15) is 0 Å². The predicted octanol–water partition coefficient (Wildman–Crippen LogP) is 3.85. The molecule has 0 saturated carbocycles. The monoisotopic (exact) mass is 338 g/mol. The Hall–Kier alpha value is -1.13. The van der Waals surface area contributed by atoms with Gasteiger partial charge in [0.25, 0.3) is 0 Å². The van der Waals surface area contributed by atoms with Gasteiger partial charge in [0, 0.05) is 37.1 Å². The van der Waals surface area contributed by atoms with Gasteiger partial charge in [-0.1, -0.05) is 18.0 Å². The molecule has 0 spiro atoms. The molecule has 1 amide bonds. The summed E-state index contributed by atoms with van der Waals surface area (Å²) in [4.78, 5) is 16.2. The van der Waals surface area contributed by atoms with Crippen LogP contribution in [0.1, 0.15) is 44.1 Å². The van der Waals surface area contributed by atoms with Crippen molar-refractivity contribution >= 4 is 17.5 Å². The Morgan fingerprint density at radius 1 is 1.17 bits per heavy atom. The van der Waals surface area contributed by atoms with Crippen molar-refractivity contribution in [2.45, 2.75) is 51.1 Å². The van der Waals surface area contributed by atoms with Crippen LogP contribution in [-0.2, 0) is 11.3 Å². The van der Waals surface area contributed by atoms with Crippen LogP contribution >= 0.6 is 11.6 Å². The Kier molecular flexibility index (Phi) is 5.54. The summed E-state index contributed by atoms with van der Waals surface area (Å²) in [6.07, 6.45) is 6.28. The number of halogens is 2. The lowest BCUT2D eigenvalue weighted by Gasteiger charge is -2.36. The molecule has 0 aromatic heterocycles. The molecule has 0 bridgehead atoms. The van der Waals surface area contributed by atoms with Crippen molar-refractivity contribution < 1.29 is 9.18 Å². The highest BCUT2D eigenvalue weighted by molar-refractivity contribution is 6.30. The van der Waals surface area contributed by atoms with E-state index in [1.165, 1.54) is 18.9 Å². The van der Waals surface area contributed by atoms with Crippen molar-refractivity contribution in [1.29, 1.82) is 0 Å². The SMILES string of the molecule is O=C1CCCN1CC[C@H]1CCCCN1Cc1cc(F)cc(Cl)c1. The number of nitrogens with zero attached hydrogens (tertiary/aromatic N) is 2. The Morgan fingerprint density at radius 2 is 2.04 bits per heavy atom. The van der Waals surface area contributed by atoms with Crippen LogP contribution in [0.3, 0.4) is 0 Å². The molecule has 0 N–H and O–H groups in total. The van der Waals surface area contributed by atoms with Crippen LogP contribution in [0.4, 0.5) is 4.39 Å². The predicted molar refractivity (Wildman–Crippen MR) is 89.9 cm³/mol. The molecule has 3 rings (SSSR count). The molecule has 3 nitrogen and oxygen atoms in total. The van der Waals surface area contributed by atoms with Crippen LogP contribution in [-0.4, -0.2) is 41.4 Å². The molecule has 0 radical (unpaired) electrons. The second-order valence-electron chi connectivity index (χ2n) is 6.67. The van der Waals surface area contributed by atoms with E-state index in [1.807, 2.05) is 11.0 Å². The molecule has 2 fully saturated rings. The van der Waals surface area contributed by atoms with E-state index >= 15 is 0 Å². The van der Waals surface area contributed by atoms with Gasteiger partial charge >= 0.3 is 0 Å². The van der Waals surface area contributed by atoms with Crippen molar-refractivity contribution in [2.75, 3.05) is 19.6 Å². The second kappa shape index (κ2) is 7.63. The van der Waals surface area contributed by atoms with Crippen LogP contribution in [0.15, 0.2) is 18.2 Å². The zero-order chi connectivity index (χ0) is 16.2. The third kappa shape index (κ3) is 4.45. The van der Waals surface area contributed by atoms with E-state index < -0.39 is 0 Å². The summed E-state index contributed by atoms with van der Waals surface area (Å²) in [5, 5.41) is 0.455. The summed E-state index contributed by atoms with van der Waals surface area (Å²) in [7, 11) is 0. The van der Waals surface area contributed by atoms with Crippen LogP contribution in [0.25, 0.3) is 0 Å². The number of piperidine rings is 1. The van der Waals surface area contributed by atoms with Gasteiger partial charge in [0.1, 0.15) is 5.82 Å². The van der Waals surface area contributed by atoms with E-state index in [0.29, 0.717) is 23.4 Å². The van der Waals surface area contributed by atoms with Gasteiger partial charge < -0.3 is 4.90 Å². The number of carbonyl (C=O) groups is 1. The van der Waals surface area contributed by atoms with E-state index in [1.54, 1.807) is 6.07 Å². The zero-order valence-electron chi connectivity index (χ0n) is 13.4. The van der Waals surface area contributed by atoms with Crippen molar-refractivity contribution in [3.8, 4) is 0 Å². The highest BCUT2D eigenvalue weighted by Crippen LogP contribution is 2.24. The van der Waals surface area contributed by atoms with Crippen molar-refractivity contribution in [2.24, 2.45) is 0 Å². The average Bonchev–Trinajstić information content (AvgIpc) is 2.91. The third-order valence-electron chi connectivity index (χ3n) is 4.96. The molecule has 2 aliphatic rings. The first kappa shape index (κ1) is 16.7. The van der Waals surface area contributed by atoms with Crippen LogP contribution in [0.5, 0.6) is 0 Å². The first-order chi connectivity index (χ1) is 11.1. The molecular weight excluding hydrogens is 315 g/mol. The smallest absolute Gasteiger partial charge is 0.222 e. The molecule has 0 aliphatic carbocycles. The molecular formula is C18H24ClFN2O. The highest BCUT2D eigenvalue weighted by Gasteiger charge is 2.25. The van der Waals surface area contributed by atoms with Crippen molar-refractivity contribution in [3.63, 3.8) is 0 Å². The van der Waals surface area contributed by atoms with Gasteiger partial charge in [-0.25, -0.2) is 4.39 Å². The minimum atomic E-state index is -0.274. The number of hydrogen-bond donors (Lipinski definition) is 0. The highest BCUT2D eigenvalue weighted by atomic mass is 35.5. The minimum absolute atomic E-state index is 0.274. The fourth-order valence-electron chi connectivity index (χ4n) is 3.78. The normalized spacial score (nSPS) is 22.8. The van der Waals surface area contributed by atoms with Gasteiger partial charge in [0.05, 0.1) is 0 Å². The van der Waals surface area contributed by atoms with Crippen LogP contribution < -0.4 is 0 Å². The number of rotatable bonds is 5.